The summed E-state index contributed by atoms with van der Waals surface area (Å²) in [5.41, 5.74) is 7.66. The number of nitrogens with two attached hydrogens (primary N) is 1. The fourth-order valence-corrected chi connectivity index (χ4v) is 1.47. The molecule has 3 nitrogen and oxygen atoms in total. The van der Waals surface area contributed by atoms with Gasteiger partial charge < -0.3 is 10.5 Å². The molecule has 2 aromatic rings. The van der Waals surface area contributed by atoms with Crippen molar-refractivity contribution in [2.75, 3.05) is 12.8 Å². The first-order valence-corrected chi connectivity index (χ1v) is 4.76. The van der Waals surface area contributed by atoms with Crippen molar-refractivity contribution in [3.63, 3.8) is 0 Å². The van der Waals surface area contributed by atoms with Crippen LogP contribution in [0.3, 0.4) is 0 Å². The van der Waals surface area contributed by atoms with E-state index < -0.39 is 0 Å². The normalized spacial score (nSPS) is 10.1. The van der Waals surface area contributed by atoms with Gasteiger partial charge in [-0.3, -0.25) is 0 Å². The Morgan fingerprint density at radius 3 is 2.69 bits per heavy atom. The molecule has 0 saturated heterocycles. The standard InChI is InChI=1S/C12H11FN2O/c1-16-12-11(14)6-9(7-15-12)8-3-2-4-10(13)5-8/h2-7H,14H2,1H3. The van der Waals surface area contributed by atoms with Crippen LogP contribution in [0.1, 0.15) is 0 Å². The number of ether oxygens (including phenoxy) is 1. The number of pyridine rings is 1. The number of halogens is 1. The first-order chi connectivity index (χ1) is 7.70. The summed E-state index contributed by atoms with van der Waals surface area (Å²) in [6.45, 7) is 0. The number of anilines is 1. The molecule has 0 amide bonds. The highest BCUT2D eigenvalue weighted by Gasteiger charge is 2.04. The number of aromatic nitrogens is 1. The van der Waals surface area contributed by atoms with Crippen molar-refractivity contribution >= 4 is 5.69 Å². The van der Waals surface area contributed by atoms with Gasteiger partial charge in [0.2, 0.25) is 5.88 Å². The molecule has 0 aliphatic rings. The summed E-state index contributed by atoms with van der Waals surface area (Å²) >= 11 is 0. The Morgan fingerprint density at radius 2 is 2.06 bits per heavy atom. The van der Waals surface area contributed by atoms with Crippen LogP contribution in [0.15, 0.2) is 36.5 Å². The molecule has 2 rings (SSSR count). The largest absolute Gasteiger partial charge is 0.480 e. The molecule has 2 N–H and O–H groups in total. The molecule has 1 aromatic heterocycles. The molecule has 0 aliphatic heterocycles. The Balaban J connectivity index is 2.45. The highest BCUT2D eigenvalue weighted by atomic mass is 19.1. The topological polar surface area (TPSA) is 48.1 Å². The van der Waals surface area contributed by atoms with E-state index in [0.717, 1.165) is 11.1 Å². The van der Waals surface area contributed by atoms with Gasteiger partial charge in [-0.15, -0.1) is 0 Å². The maximum atomic E-state index is 13.0. The van der Waals surface area contributed by atoms with Crippen molar-refractivity contribution in [2.24, 2.45) is 0 Å². The summed E-state index contributed by atoms with van der Waals surface area (Å²) in [5, 5.41) is 0. The monoisotopic (exact) mass is 218 g/mol. The van der Waals surface area contributed by atoms with Crippen molar-refractivity contribution in [3.05, 3.63) is 42.3 Å². The zero-order valence-corrected chi connectivity index (χ0v) is 8.77. The summed E-state index contributed by atoms with van der Waals surface area (Å²) in [6, 6.07) is 7.98. The van der Waals surface area contributed by atoms with Crippen LogP contribution in [0.4, 0.5) is 10.1 Å². The molecule has 0 unspecified atom stereocenters. The minimum Gasteiger partial charge on any atom is -0.480 e. The Morgan fingerprint density at radius 1 is 1.25 bits per heavy atom. The van der Waals surface area contributed by atoms with Crippen molar-refractivity contribution in [3.8, 4) is 17.0 Å². The van der Waals surface area contributed by atoms with E-state index in [9.17, 15) is 4.39 Å². The Kier molecular flexibility index (Phi) is 2.72. The highest BCUT2D eigenvalue weighted by molar-refractivity contribution is 5.68. The lowest BCUT2D eigenvalue weighted by Crippen LogP contribution is -1.95. The minimum absolute atomic E-state index is 0.285. The first kappa shape index (κ1) is 10.4. The first-order valence-electron chi connectivity index (χ1n) is 4.76. The van der Waals surface area contributed by atoms with Gasteiger partial charge in [-0.05, 0) is 23.8 Å². The third-order valence-corrected chi connectivity index (χ3v) is 2.23. The van der Waals surface area contributed by atoms with Crippen LogP contribution in [0.5, 0.6) is 5.88 Å². The molecular formula is C12H11FN2O. The molecule has 4 heteroatoms. The average Bonchev–Trinajstić information content (AvgIpc) is 2.29. The lowest BCUT2D eigenvalue weighted by molar-refractivity contribution is 0.400. The smallest absolute Gasteiger partial charge is 0.236 e. The molecule has 0 bridgehead atoms. The summed E-state index contributed by atoms with van der Waals surface area (Å²) in [4.78, 5) is 4.03. The molecule has 0 saturated carbocycles. The van der Waals surface area contributed by atoms with E-state index in [-0.39, 0.29) is 5.82 Å². The lowest BCUT2D eigenvalue weighted by Gasteiger charge is -2.06. The van der Waals surface area contributed by atoms with Gasteiger partial charge in [0.25, 0.3) is 0 Å². The third-order valence-electron chi connectivity index (χ3n) is 2.23. The van der Waals surface area contributed by atoms with E-state index >= 15 is 0 Å². The van der Waals surface area contributed by atoms with E-state index in [4.69, 9.17) is 10.5 Å². The number of methoxy groups -OCH3 is 1. The van der Waals surface area contributed by atoms with Gasteiger partial charge in [0.1, 0.15) is 5.82 Å². The van der Waals surface area contributed by atoms with E-state index in [2.05, 4.69) is 4.98 Å². The van der Waals surface area contributed by atoms with Gasteiger partial charge >= 0.3 is 0 Å². The second kappa shape index (κ2) is 4.18. The Labute approximate surface area is 92.7 Å². The van der Waals surface area contributed by atoms with Crippen LogP contribution in [0.2, 0.25) is 0 Å². The lowest BCUT2D eigenvalue weighted by atomic mass is 10.1. The van der Waals surface area contributed by atoms with Crippen LogP contribution >= 0.6 is 0 Å². The fourth-order valence-electron chi connectivity index (χ4n) is 1.47. The summed E-state index contributed by atoms with van der Waals surface area (Å²) in [7, 11) is 1.50. The molecule has 0 radical (unpaired) electrons. The highest BCUT2D eigenvalue weighted by Crippen LogP contribution is 2.25. The van der Waals surface area contributed by atoms with Crippen molar-refractivity contribution in [2.45, 2.75) is 0 Å². The van der Waals surface area contributed by atoms with Crippen LogP contribution in [-0.2, 0) is 0 Å². The van der Waals surface area contributed by atoms with Crippen molar-refractivity contribution < 1.29 is 9.13 Å². The zero-order valence-electron chi connectivity index (χ0n) is 8.77. The maximum absolute atomic E-state index is 13.0. The second-order valence-corrected chi connectivity index (χ2v) is 3.33. The van der Waals surface area contributed by atoms with Gasteiger partial charge in [0.15, 0.2) is 0 Å². The van der Waals surface area contributed by atoms with E-state index in [1.165, 1.54) is 19.2 Å². The van der Waals surface area contributed by atoms with Crippen LogP contribution in [-0.4, -0.2) is 12.1 Å². The molecule has 1 aromatic carbocycles. The molecule has 16 heavy (non-hydrogen) atoms. The van der Waals surface area contributed by atoms with E-state index in [0.29, 0.717) is 11.6 Å². The molecule has 1 heterocycles. The SMILES string of the molecule is COc1ncc(-c2cccc(F)c2)cc1N. The Hall–Kier alpha value is -2.10. The molecule has 0 fully saturated rings. The number of nitrogen functional groups attached to an aromatic ring is 1. The van der Waals surface area contributed by atoms with E-state index in [1.54, 1.807) is 24.4 Å². The summed E-state index contributed by atoms with van der Waals surface area (Å²) in [5.74, 6) is 0.0899. The van der Waals surface area contributed by atoms with Gasteiger partial charge in [-0.2, -0.15) is 0 Å². The summed E-state index contributed by atoms with van der Waals surface area (Å²) in [6.07, 6.45) is 1.60. The third kappa shape index (κ3) is 1.95. The molecular weight excluding hydrogens is 207 g/mol. The average molecular weight is 218 g/mol. The van der Waals surface area contributed by atoms with Crippen LogP contribution < -0.4 is 10.5 Å². The minimum atomic E-state index is -0.285. The maximum Gasteiger partial charge on any atom is 0.236 e. The number of rotatable bonds is 2. The van der Waals surface area contributed by atoms with Gasteiger partial charge in [0, 0.05) is 11.8 Å². The van der Waals surface area contributed by atoms with Gasteiger partial charge in [-0.25, -0.2) is 9.37 Å². The molecule has 82 valence electrons. The summed E-state index contributed by atoms with van der Waals surface area (Å²) < 4.78 is 18.0. The van der Waals surface area contributed by atoms with Crippen molar-refractivity contribution in [1.29, 1.82) is 0 Å². The van der Waals surface area contributed by atoms with Crippen molar-refractivity contribution in [1.82, 2.24) is 4.98 Å². The predicted octanol–water partition coefficient (Wildman–Crippen LogP) is 2.48. The molecule has 0 aliphatic carbocycles. The Bertz CT molecular complexity index is 514. The van der Waals surface area contributed by atoms with Crippen LogP contribution in [0.25, 0.3) is 11.1 Å². The number of benzene rings is 1. The van der Waals surface area contributed by atoms with Gasteiger partial charge in [-0.1, -0.05) is 12.1 Å². The predicted molar refractivity (Wildman–Crippen MR) is 60.6 cm³/mol. The zero-order chi connectivity index (χ0) is 11.5. The molecule has 0 atom stereocenters. The quantitative estimate of drug-likeness (QED) is 0.842. The number of nitrogens with zero attached hydrogens (tertiary/aromatic N) is 1. The second-order valence-electron chi connectivity index (χ2n) is 3.33. The van der Waals surface area contributed by atoms with Gasteiger partial charge in [0.05, 0.1) is 12.8 Å². The fraction of sp³-hybridized carbons (Fsp3) is 0.0833. The molecule has 0 spiro atoms. The van der Waals surface area contributed by atoms with Crippen LogP contribution in [0, 0.1) is 5.82 Å². The number of hydrogen-bond donors (Lipinski definition) is 1. The van der Waals surface area contributed by atoms with E-state index in [1.807, 2.05) is 0 Å². The number of hydrogen-bond acceptors (Lipinski definition) is 3.